The van der Waals surface area contributed by atoms with Gasteiger partial charge in [0, 0.05) is 11.6 Å². The lowest BCUT2D eigenvalue weighted by molar-refractivity contribution is -0.131. The maximum Gasteiger partial charge on any atom is 0.335 e. The Balaban J connectivity index is 1.52. The molecular formula is C32H37NO6. The van der Waals surface area contributed by atoms with E-state index in [-0.39, 0.29) is 5.56 Å². The molecule has 0 bridgehead atoms. The van der Waals surface area contributed by atoms with Gasteiger partial charge in [0.25, 0.3) is 0 Å². The number of carbonyl (C=O) groups is 2. The lowest BCUT2D eigenvalue weighted by Gasteiger charge is -2.14. The third-order valence-electron chi connectivity index (χ3n) is 6.58. The van der Waals surface area contributed by atoms with Crippen LogP contribution < -0.4 is 9.47 Å². The van der Waals surface area contributed by atoms with Crippen LogP contribution in [0.15, 0.2) is 60.7 Å². The van der Waals surface area contributed by atoms with E-state index in [4.69, 9.17) is 14.6 Å². The summed E-state index contributed by atoms with van der Waals surface area (Å²) in [4.78, 5) is 27.4. The number of methoxy groups -OCH3 is 1. The Morgan fingerprint density at radius 3 is 2.28 bits per heavy atom. The van der Waals surface area contributed by atoms with Crippen LogP contribution in [0.4, 0.5) is 0 Å². The Hall–Kier alpha value is -4.13. The minimum atomic E-state index is -1.08. The van der Waals surface area contributed by atoms with Crippen molar-refractivity contribution in [3.63, 3.8) is 0 Å². The first-order valence-corrected chi connectivity index (χ1v) is 13.5. The first kappa shape index (κ1) is 29.4. The minimum Gasteiger partial charge on any atom is -0.497 e. The summed E-state index contributed by atoms with van der Waals surface area (Å²) in [7, 11) is 1.68. The normalized spacial score (nSPS) is 11.0. The number of nitrogens with zero attached hydrogens (tertiary/aromatic N) is 1. The van der Waals surface area contributed by atoms with Crippen LogP contribution in [0.1, 0.15) is 72.6 Å². The summed E-state index contributed by atoms with van der Waals surface area (Å²) >= 11 is 0. The Morgan fingerprint density at radius 2 is 1.62 bits per heavy atom. The van der Waals surface area contributed by atoms with Crippen molar-refractivity contribution in [1.29, 1.82) is 0 Å². The number of ether oxygens (including phenoxy) is 2. The Kier molecular flexibility index (Phi) is 11.6. The monoisotopic (exact) mass is 531 g/mol. The molecule has 2 N–H and O–H groups in total. The van der Waals surface area contributed by atoms with Crippen molar-refractivity contribution in [3.05, 3.63) is 83.1 Å². The van der Waals surface area contributed by atoms with Crippen molar-refractivity contribution in [2.75, 3.05) is 13.7 Å². The molecule has 2 aromatic carbocycles. The van der Waals surface area contributed by atoms with E-state index in [2.05, 4.69) is 17.1 Å². The minimum absolute atomic E-state index is 0.237. The van der Waals surface area contributed by atoms with Crippen LogP contribution >= 0.6 is 0 Å². The number of aryl methyl sites for hydroxylation is 1. The number of benzene rings is 2. The van der Waals surface area contributed by atoms with E-state index in [1.165, 1.54) is 24.5 Å². The van der Waals surface area contributed by atoms with Gasteiger partial charge in [-0.25, -0.2) is 14.6 Å². The first-order valence-electron chi connectivity index (χ1n) is 13.5. The van der Waals surface area contributed by atoms with Gasteiger partial charge in [-0.15, -0.1) is 0 Å². The molecule has 0 radical (unpaired) electrons. The largest absolute Gasteiger partial charge is 0.497 e. The molecule has 206 valence electrons. The zero-order valence-electron chi connectivity index (χ0n) is 22.7. The van der Waals surface area contributed by atoms with E-state index in [0.29, 0.717) is 41.3 Å². The van der Waals surface area contributed by atoms with Gasteiger partial charge in [0.2, 0.25) is 0 Å². The number of carboxylic acids is 2. The lowest BCUT2D eigenvalue weighted by Crippen LogP contribution is -2.05. The van der Waals surface area contributed by atoms with Crippen LogP contribution in [0.5, 0.6) is 11.5 Å². The predicted molar refractivity (Wildman–Crippen MR) is 153 cm³/mol. The van der Waals surface area contributed by atoms with E-state index in [9.17, 15) is 14.7 Å². The molecule has 0 aliphatic heterocycles. The standard InChI is InChI=1S/C32H37NO6/c1-3-25-26(12-10-13-27(25)32(36)37)28-18-20-30(29(33-28)19-21-31(34)35)39-22-9-7-5-4-6-8-11-23-14-16-24(38-2)17-15-23/h10,12-21H,3-9,11,22H2,1-2H3,(H,34,35)(H,36,37). The van der Waals surface area contributed by atoms with Crippen LogP contribution in [-0.4, -0.2) is 40.9 Å². The van der Waals surface area contributed by atoms with Gasteiger partial charge in [-0.2, -0.15) is 0 Å². The molecule has 39 heavy (non-hydrogen) atoms. The summed E-state index contributed by atoms with van der Waals surface area (Å²) in [5.41, 5.74) is 3.93. The number of rotatable bonds is 16. The van der Waals surface area contributed by atoms with E-state index in [1.54, 1.807) is 31.4 Å². The number of unbranched alkanes of at least 4 members (excludes halogenated alkanes) is 5. The van der Waals surface area contributed by atoms with E-state index < -0.39 is 11.9 Å². The molecule has 0 unspecified atom stereocenters. The molecule has 1 aromatic heterocycles. The van der Waals surface area contributed by atoms with Gasteiger partial charge in [0.1, 0.15) is 17.2 Å². The molecule has 1 heterocycles. The third kappa shape index (κ3) is 8.99. The van der Waals surface area contributed by atoms with Crippen LogP contribution in [0.3, 0.4) is 0 Å². The smallest absolute Gasteiger partial charge is 0.335 e. The maximum absolute atomic E-state index is 11.7. The van der Waals surface area contributed by atoms with Gasteiger partial charge in [-0.05, 0) is 73.2 Å². The average molecular weight is 532 g/mol. The second-order valence-electron chi connectivity index (χ2n) is 9.31. The maximum atomic E-state index is 11.7. The van der Waals surface area contributed by atoms with Crippen LogP contribution in [0.2, 0.25) is 0 Å². The Bertz CT molecular complexity index is 1270. The van der Waals surface area contributed by atoms with Gasteiger partial charge in [-0.1, -0.05) is 56.9 Å². The fourth-order valence-electron chi connectivity index (χ4n) is 4.52. The van der Waals surface area contributed by atoms with Gasteiger partial charge in [0.15, 0.2) is 0 Å². The molecule has 0 fully saturated rings. The average Bonchev–Trinajstić information content (AvgIpc) is 2.95. The zero-order chi connectivity index (χ0) is 28.0. The summed E-state index contributed by atoms with van der Waals surface area (Å²) in [5, 5.41) is 18.7. The number of hydrogen-bond donors (Lipinski definition) is 2. The SMILES string of the molecule is CCc1c(C(=O)O)cccc1-c1ccc(OCCCCCCCCc2ccc(OC)cc2)c(C=CC(=O)O)n1. The van der Waals surface area contributed by atoms with E-state index >= 15 is 0 Å². The van der Waals surface area contributed by atoms with Crippen molar-refractivity contribution < 1.29 is 29.3 Å². The first-order chi connectivity index (χ1) is 18.9. The summed E-state index contributed by atoms with van der Waals surface area (Å²) in [5.74, 6) is -0.684. The number of aromatic carboxylic acids is 1. The molecule has 0 spiro atoms. The van der Waals surface area contributed by atoms with Crippen molar-refractivity contribution in [3.8, 4) is 22.8 Å². The van der Waals surface area contributed by atoms with Crippen molar-refractivity contribution >= 4 is 18.0 Å². The molecule has 0 aliphatic carbocycles. The second kappa shape index (κ2) is 15.3. The van der Waals surface area contributed by atoms with Crippen LogP contribution in [0, 0.1) is 0 Å². The molecule has 0 saturated carbocycles. The number of carboxylic acid groups (broad SMARTS) is 2. The molecule has 3 rings (SSSR count). The topological polar surface area (TPSA) is 106 Å². The lowest BCUT2D eigenvalue weighted by atomic mass is 9.96. The molecule has 0 amide bonds. The second-order valence-corrected chi connectivity index (χ2v) is 9.31. The van der Waals surface area contributed by atoms with Gasteiger partial charge in [0.05, 0.1) is 25.0 Å². The highest BCUT2D eigenvalue weighted by Crippen LogP contribution is 2.29. The Labute approximate surface area is 230 Å². The Morgan fingerprint density at radius 1 is 0.897 bits per heavy atom. The fourth-order valence-corrected chi connectivity index (χ4v) is 4.52. The molecule has 7 nitrogen and oxygen atoms in total. The van der Waals surface area contributed by atoms with Crippen LogP contribution in [0.25, 0.3) is 17.3 Å². The van der Waals surface area contributed by atoms with Crippen molar-refractivity contribution in [2.45, 2.75) is 58.3 Å². The van der Waals surface area contributed by atoms with Crippen molar-refractivity contribution in [2.24, 2.45) is 0 Å². The third-order valence-corrected chi connectivity index (χ3v) is 6.58. The van der Waals surface area contributed by atoms with E-state index in [0.717, 1.165) is 43.9 Å². The summed E-state index contributed by atoms with van der Waals surface area (Å²) in [6.45, 7) is 2.41. The quantitative estimate of drug-likeness (QED) is 0.150. The van der Waals surface area contributed by atoms with E-state index in [1.807, 2.05) is 25.1 Å². The van der Waals surface area contributed by atoms with Gasteiger partial charge in [-0.3, -0.25) is 0 Å². The molecule has 0 saturated heterocycles. The number of hydrogen-bond acceptors (Lipinski definition) is 5. The molecule has 0 aliphatic rings. The van der Waals surface area contributed by atoms with Crippen LogP contribution in [-0.2, 0) is 17.6 Å². The number of pyridine rings is 1. The molecule has 7 heteroatoms. The van der Waals surface area contributed by atoms with Gasteiger partial charge < -0.3 is 19.7 Å². The molecule has 3 aromatic rings. The zero-order valence-corrected chi connectivity index (χ0v) is 22.7. The highest BCUT2D eigenvalue weighted by molar-refractivity contribution is 5.92. The van der Waals surface area contributed by atoms with Gasteiger partial charge >= 0.3 is 11.9 Å². The number of aliphatic carboxylic acids is 1. The fraction of sp³-hybridized carbons (Fsp3) is 0.344. The summed E-state index contributed by atoms with van der Waals surface area (Å²) in [6.07, 6.45) is 10.6. The predicted octanol–water partition coefficient (Wildman–Crippen LogP) is 7.08. The number of aromatic nitrogens is 1. The molecular weight excluding hydrogens is 494 g/mol. The highest BCUT2D eigenvalue weighted by atomic mass is 16.5. The highest BCUT2D eigenvalue weighted by Gasteiger charge is 2.16. The molecule has 0 atom stereocenters. The summed E-state index contributed by atoms with van der Waals surface area (Å²) in [6, 6.07) is 16.9. The summed E-state index contributed by atoms with van der Waals surface area (Å²) < 4.78 is 11.2. The van der Waals surface area contributed by atoms with Crippen molar-refractivity contribution in [1.82, 2.24) is 4.98 Å².